The Bertz CT molecular complexity index is 701. The van der Waals surface area contributed by atoms with Crippen molar-refractivity contribution in [2.75, 3.05) is 7.11 Å². The summed E-state index contributed by atoms with van der Waals surface area (Å²) in [6, 6.07) is 9.36. The van der Waals surface area contributed by atoms with Gasteiger partial charge in [-0.2, -0.15) is 5.26 Å². The summed E-state index contributed by atoms with van der Waals surface area (Å²) in [5, 5.41) is 9.37. The van der Waals surface area contributed by atoms with Gasteiger partial charge in [0.15, 0.2) is 0 Å². The number of carbonyl (C=O) groups excluding carboxylic acids is 1. The minimum atomic E-state index is -0.603. The zero-order valence-electron chi connectivity index (χ0n) is 11.5. The number of hydrogen-bond acceptors (Lipinski definition) is 5. The number of rotatable bonds is 2. The molecular weight excluding hydrogens is 336 g/mol. The predicted octanol–water partition coefficient (Wildman–Crippen LogP) is 2.70. The third-order valence-corrected chi connectivity index (χ3v) is 3.69. The van der Waals surface area contributed by atoms with Gasteiger partial charge in [-0.25, -0.2) is 4.79 Å². The highest BCUT2D eigenvalue weighted by Crippen LogP contribution is 2.39. The summed E-state index contributed by atoms with van der Waals surface area (Å²) in [5.41, 5.74) is 7.02. The summed E-state index contributed by atoms with van der Waals surface area (Å²) >= 11 is 3.38. The number of ether oxygens (including phenoxy) is 2. The van der Waals surface area contributed by atoms with Crippen LogP contribution < -0.4 is 5.73 Å². The van der Waals surface area contributed by atoms with Crippen LogP contribution in [0.5, 0.6) is 0 Å². The van der Waals surface area contributed by atoms with Crippen LogP contribution in [-0.2, 0) is 14.3 Å². The van der Waals surface area contributed by atoms with Crippen LogP contribution in [0.1, 0.15) is 18.4 Å². The van der Waals surface area contributed by atoms with E-state index in [0.717, 1.165) is 10.0 Å². The molecule has 1 aliphatic heterocycles. The van der Waals surface area contributed by atoms with E-state index in [1.54, 1.807) is 6.92 Å². The summed E-state index contributed by atoms with van der Waals surface area (Å²) in [6.07, 6.45) is 0. The van der Waals surface area contributed by atoms with Gasteiger partial charge in [0.25, 0.3) is 0 Å². The lowest BCUT2D eigenvalue weighted by molar-refractivity contribution is -0.136. The molecule has 21 heavy (non-hydrogen) atoms. The molecule has 1 aliphatic rings. The zero-order chi connectivity index (χ0) is 15.6. The molecule has 1 heterocycles. The Morgan fingerprint density at radius 1 is 1.52 bits per heavy atom. The molecule has 0 unspecified atom stereocenters. The predicted molar refractivity (Wildman–Crippen MR) is 79.5 cm³/mol. The molecule has 0 fully saturated rings. The summed E-state index contributed by atoms with van der Waals surface area (Å²) in [6.45, 7) is 1.62. The van der Waals surface area contributed by atoms with E-state index in [-0.39, 0.29) is 17.0 Å². The standard InChI is InChI=1S/C15H13BrN2O3/c1-8-12(15(19)20-2)13(11(7-17)14(18)21-8)9-4-3-5-10(16)6-9/h3-6,13H,18H2,1-2H3/t13-/m0/s1. The lowest BCUT2D eigenvalue weighted by Gasteiger charge is -2.26. The zero-order valence-corrected chi connectivity index (χ0v) is 13.1. The molecule has 6 heteroatoms. The molecule has 1 aromatic carbocycles. The smallest absolute Gasteiger partial charge is 0.338 e. The number of benzene rings is 1. The van der Waals surface area contributed by atoms with E-state index in [2.05, 4.69) is 15.9 Å². The number of halogens is 1. The van der Waals surface area contributed by atoms with E-state index in [9.17, 15) is 10.1 Å². The highest BCUT2D eigenvalue weighted by molar-refractivity contribution is 9.10. The SMILES string of the molecule is COC(=O)C1=C(C)OC(N)=C(C#N)[C@@H]1c1cccc(Br)c1. The Hall–Kier alpha value is -2.26. The molecule has 0 bridgehead atoms. The van der Waals surface area contributed by atoms with E-state index >= 15 is 0 Å². The van der Waals surface area contributed by atoms with Gasteiger partial charge < -0.3 is 15.2 Å². The second-order valence-corrected chi connectivity index (χ2v) is 5.36. The average molecular weight is 349 g/mol. The van der Waals surface area contributed by atoms with Crippen molar-refractivity contribution in [1.29, 1.82) is 5.26 Å². The lowest BCUT2D eigenvalue weighted by Crippen LogP contribution is -2.25. The molecule has 0 saturated heterocycles. The fraction of sp³-hybridized carbons (Fsp3) is 0.200. The third-order valence-electron chi connectivity index (χ3n) is 3.19. The molecule has 0 aliphatic carbocycles. The van der Waals surface area contributed by atoms with Crippen LogP contribution in [0.2, 0.25) is 0 Å². The molecule has 2 rings (SSSR count). The quantitative estimate of drug-likeness (QED) is 0.830. The van der Waals surface area contributed by atoms with Crippen LogP contribution >= 0.6 is 15.9 Å². The van der Waals surface area contributed by atoms with Gasteiger partial charge in [0, 0.05) is 4.47 Å². The Balaban J connectivity index is 2.66. The molecule has 1 aromatic rings. The van der Waals surface area contributed by atoms with Crippen LogP contribution in [0.25, 0.3) is 0 Å². The minimum Gasteiger partial charge on any atom is -0.466 e. The normalized spacial score (nSPS) is 18.1. The van der Waals surface area contributed by atoms with Crippen molar-refractivity contribution in [3.63, 3.8) is 0 Å². The average Bonchev–Trinajstić information content (AvgIpc) is 2.45. The molecule has 108 valence electrons. The summed E-state index contributed by atoms with van der Waals surface area (Å²) in [5.74, 6) is -0.803. The molecule has 5 nitrogen and oxygen atoms in total. The maximum absolute atomic E-state index is 12.1. The molecule has 0 saturated carbocycles. The first-order chi connectivity index (χ1) is 9.99. The monoisotopic (exact) mass is 348 g/mol. The van der Waals surface area contributed by atoms with Crippen molar-refractivity contribution in [2.45, 2.75) is 12.8 Å². The van der Waals surface area contributed by atoms with Crippen molar-refractivity contribution < 1.29 is 14.3 Å². The van der Waals surface area contributed by atoms with Crippen molar-refractivity contribution in [3.8, 4) is 6.07 Å². The Kier molecular flexibility index (Phi) is 4.34. The molecule has 0 aromatic heterocycles. The first-order valence-electron chi connectivity index (χ1n) is 6.11. The van der Waals surface area contributed by atoms with Crippen LogP contribution in [0.4, 0.5) is 0 Å². The topological polar surface area (TPSA) is 85.3 Å². The molecule has 1 atom stereocenters. The minimum absolute atomic E-state index is 0.00706. The van der Waals surface area contributed by atoms with E-state index in [4.69, 9.17) is 15.2 Å². The second-order valence-electron chi connectivity index (χ2n) is 4.44. The molecule has 0 spiro atoms. The van der Waals surface area contributed by atoms with Crippen LogP contribution in [0.3, 0.4) is 0 Å². The van der Waals surface area contributed by atoms with Gasteiger partial charge in [0.05, 0.1) is 18.6 Å². The largest absolute Gasteiger partial charge is 0.466 e. The van der Waals surface area contributed by atoms with Crippen LogP contribution in [0.15, 0.2) is 51.5 Å². The number of allylic oxidation sites excluding steroid dienone is 2. The Morgan fingerprint density at radius 3 is 2.81 bits per heavy atom. The highest BCUT2D eigenvalue weighted by Gasteiger charge is 2.35. The van der Waals surface area contributed by atoms with Gasteiger partial charge in [-0.05, 0) is 24.6 Å². The molecular formula is C15H13BrN2O3. The Labute approximate surface area is 130 Å². The Morgan fingerprint density at radius 2 is 2.24 bits per heavy atom. The number of nitriles is 1. The number of esters is 1. The van der Waals surface area contributed by atoms with Gasteiger partial charge in [0.1, 0.15) is 17.4 Å². The van der Waals surface area contributed by atoms with Crippen molar-refractivity contribution in [3.05, 3.63) is 57.1 Å². The van der Waals surface area contributed by atoms with Gasteiger partial charge >= 0.3 is 5.97 Å². The third kappa shape index (κ3) is 2.78. The number of nitrogens with zero attached hydrogens (tertiary/aromatic N) is 1. The van der Waals surface area contributed by atoms with E-state index < -0.39 is 11.9 Å². The molecule has 0 radical (unpaired) electrons. The molecule has 0 amide bonds. The number of methoxy groups -OCH3 is 1. The summed E-state index contributed by atoms with van der Waals surface area (Å²) < 4.78 is 11.0. The summed E-state index contributed by atoms with van der Waals surface area (Å²) in [7, 11) is 1.29. The fourth-order valence-electron chi connectivity index (χ4n) is 2.28. The maximum Gasteiger partial charge on any atom is 0.338 e. The second kappa shape index (κ2) is 6.02. The van der Waals surface area contributed by atoms with Gasteiger partial charge in [0.2, 0.25) is 5.88 Å². The maximum atomic E-state index is 12.1. The van der Waals surface area contributed by atoms with Crippen molar-refractivity contribution in [1.82, 2.24) is 0 Å². The van der Waals surface area contributed by atoms with Crippen molar-refractivity contribution in [2.24, 2.45) is 5.73 Å². The number of hydrogen-bond donors (Lipinski definition) is 1. The van der Waals surface area contributed by atoms with Gasteiger partial charge in [-0.1, -0.05) is 28.1 Å². The first-order valence-corrected chi connectivity index (χ1v) is 6.91. The molecule has 2 N–H and O–H groups in total. The number of nitrogens with two attached hydrogens (primary N) is 1. The number of carbonyl (C=O) groups is 1. The highest BCUT2D eigenvalue weighted by atomic mass is 79.9. The van der Waals surface area contributed by atoms with Gasteiger partial charge in [-0.15, -0.1) is 0 Å². The van der Waals surface area contributed by atoms with E-state index in [1.165, 1.54) is 7.11 Å². The van der Waals surface area contributed by atoms with Crippen LogP contribution in [-0.4, -0.2) is 13.1 Å². The lowest BCUT2D eigenvalue weighted by atomic mass is 9.83. The fourth-order valence-corrected chi connectivity index (χ4v) is 2.69. The first kappa shape index (κ1) is 15.1. The van der Waals surface area contributed by atoms with E-state index in [1.807, 2.05) is 30.3 Å². The van der Waals surface area contributed by atoms with E-state index in [0.29, 0.717) is 5.76 Å². The summed E-state index contributed by atoms with van der Waals surface area (Å²) in [4.78, 5) is 12.1. The van der Waals surface area contributed by atoms with Crippen LogP contribution in [0, 0.1) is 11.3 Å². The van der Waals surface area contributed by atoms with Gasteiger partial charge in [-0.3, -0.25) is 0 Å². The van der Waals surface area contributed by atoms with Crippen molar-refractivity contribution >= 4 is 21.9 Å².